The van der Waals surface area contributed by atoms with Crippen LogP contribution in [-0.2, 0) is 16.1 Å². The summed E-state index contributed by atoms with van der Waals surface area (Å²) in [5.74, 6) is -0.0269. The average Bonchev–Trinajstić information content (AvgIpc) is 3.35. The van der Waals surface area contributed by atoms with Crippen LogP contribution in [0.1, 0.15) is 45.1 Å². The van der Waals surface area contributed by atoms with E-state index in [2.05, 4.69) is 5.10 Å². The highest BCUT2D eigenvalue weighted by molar-refractivity contribution is 6.39. The summed E-state index contributed by atoms with van der Waals surface area (Å²) < 4.78 is 0. The topological polar surface area (TPSA) is 53.0 Å². The van der Waals surface area contributed by atoms with Gasteiger partial charge in [0.2, 0.25) is 5.91 Å². The summed E-state index contributed by atoms with van der Waals surface area (Å²) in [5.41, 5.74) is 1.53. The number of carbonyl (C=O) groups excluding carboxylic acids is 2. The van der Waals surface area contributed by atoms with Gasteiger partial charge in [-0.25, -0.2) is 5.01 Å². The molecule has 1 aromatic carbocycles. The largest absolute Gasteiger partial charge is 0.332 e. The van der Waals surface area contributed by atoms with E-state index in [9.17, 15) is 9.59 Å². The fraction of sp³-hybridized carbons (Fsp3) is 0.500. The molecule has 1 heterocycles. The second kappa shape index (κ2) is 6.52. The second-order valence-corrected chi connectivity index (χ2v) is 6.52. The van der Waals surface area contributed by atoms with Gasteiger partial charge in [-0.15, -0.1) is 0 Å². The lowest BCUT2D eigenvalue weighted by Gasteiger charge is -2.30. The van der Waals surface area contributed by atoms with Gasteiger partial charge in [0.1, 0.15) is 5.71 Å². The number of amides is 2. The van der Waals surface area contributed by atoms with Crippen molar-refractivity contribution in [2.24, 2.45) is 5.10 Å². The third kappa shape index (κ3) is 3.60. The number of nitrogens with zero attached hydrogens (tertiary/aromatic N) is 3. The molecule has 5 nitrogen and oxygen atoms in total. The van der Waals surface area contributed by atoms with Crippen LogP contribution >= 0.6 is 0 Å². The molecule has 122 valence electrons. The first-order valence-electron chi connectivity index (χ1n) is 8.30. The standard InChI is InChI=1S/C18H23N3O2/c1-13(2)21(15-8-9-15)18(23)16-10-11-17(22)20(19-16)12-14-6-4-3-5-7-14/h3-7,13,15H,8-12H2,1-2H3. The molecule has 0 bridgehead atoms. The number of hydrogen-bond donors (Lipinski definition) is 0. The second-order valence-electron chi connectivity index (χ2n) is 6.52. The van der Waals surface area contributed by atoms with Gasteiger partial charge in [0.15, 0.2) is 0 Å². The number of hydrogen-bond acceptors (Lipinski definition) is 3. The number of hydrazone groups is 1. The number of benzene rings is 1. The van der Waals surface area contributed by atoms with E-state index in [-0.39, 0.29) is 17.9 Å². The minimum absolute atomic E-state index is 0.00642. The van der Waals surface area contributed by atoms with Gasteiger partial charge < -0.3 is 4.90 Å². The van der Waals surface area contributed by atoms with Crippen LogP contribution in [0.3, 0.4) is 0 Å². The average molecular weight is 313 g/mol. The van der Waals surface area contributed by atoms with Gasteiger partial charge in [-0.05, 0) is 32.3 Å². The maximum absolute atomic E-state index is 12.8. The summed E-state index contributed by atoms with van der Waals surface area (Å²) in [6, 6.07) is 10.3. The van der Waals surface area contributed by atoms with Crippen LogP contribution in [0.25, 0.3) is 0 Å². The Balaban J connectivity index is 1.77. The van der Waals surface area contributed by atoms with E-state index in [1.807, 2.05) is 49.1 Å². The van der Waals surface area contributed by atoms with Crippen LogP contribution in [0.2, 0.25) is 0 Å². The van der Waals surface area contributed by atoms with Crippen molar-refractivity contribution in [3.8, 4) is 0 Å². The molecule has 0 N–H and O–H groups in total. The van der Waals surface area contributed by atoms with Crippen LogP contribution in [0, 0.1) is 0 Å². The van der Waals surface area contributed by atoms with Gasteiger partial charge in [0.25, 0.3) is 5.91 Å². The van der Waals surface area contributed by atoms with Gasteiger partial charge in [0, 0.05) is 24.9 Å². The number of carbonyl (C=O) groups is 2. The highest BCUT2D eigenvalue weighted by atomic mass is 16.2. The molecule has 2 amide bonds. The van der Waals surface area contributed by atoms with E-state index in [0.29, 0.717) is 31.1 Å². The van der Waals surface area contributed by atoms with Gasteiger partial charge >= 0.3 is 0 Å². The maximum atomic E-state index is 12.8. The molecule has 0 unspecified atom stereocenters. The molecule has 5 heteroatoms. The zero-order chi connectivity index (χ0) is 16.4. The monoisotopic (exact) mass is 313 g/mol. The van der Waals surface area contributed by atoms with Crippen molar-refractivity contribution in [3.63, 3.8) is 0 Å². The Hall–Kier alpha value is -2.17. The quantitative estimate of drug-likeness (QED) is 0.839. The lowest BCUT2D eigenvalue weighted by Crippen LogP contribution is -2.45. The molecule has 0 aromatic heterocycles. The Morgan fingerprint density at radius 1 is 1.26 bits per heavy atom. The van der Waals surface area contributed by atoms with Gasteiger partial charge in [-0.2, -0.15) is 5.10 Å². The van der Waals surface area contributed by atoms with Crippen molar-refractivity contribution in [2.75, 3.05) is 0 Å². The van der Waals surface area contributed by atoms with Crippen LogP contribution in [0.15, 0.2) is 35.4 Å². The first kappa shape index (κ1) is 15.7. The molecule has 0 radical (unpaired) electrons. The van der Waals surface area contributed by atoms with E-state index in [1.54, 1.807) is 0 Å². The SMILES string of the molecule is CC(C)N(C(=O)C1=NN(Cc2ccccc2)C(=O)CC1)C1CC1. The van der Waals surface area contributed by atoms with Gasteiger partial charge in [-0.1, -0.05) is 30.3 Å². The van der Waals surface area contributed by atoms with E-state index in [0.717, 1.165) is 18.4 Å². The minimum Gasteiger partial charge on any atom is -0.332 e. The molecule has 1 aromatic rings. The normalized spacial score (nSPS) is 18.1. The van der Waals surface area contributed by atoms with Crippen LogP contribution in [-0.4, -0.2) is 39.5 Å². The summed E-state index contributed by atoms with van der Waals surface area (Å²) >= 11 is 0. The van der Waals surface area contributed by atoms with Crippen LogP contribution < -0.4 is 0 Å². The fourth-order valence-electron chi connectivity index (χ4n) is 2.96. The van der Waals surface area contributed by atoms with Gasteiger partial charge in [0.05, 0.1) is 6.54 Å². The van der Waals surface area contributed by atoms with E-state index in [1.165, 1.54) is 5.01 Å². The van der Waals surface area contributed by atoms with Crippen molar-refractivity contribution in [1.82, 2.24) is 9.91 Å². The third-order valence-corrected chi connectivity index (χ3v) is 4.26. The molecule has 1 fully saturated rings. The molecule has 0 saturated heterocycles. The smallest absolute Gasteiger partial charge is 0.270 e. The first-order valence-corrected chi connectivity index (χ1v) is 8.30. The van der Waals surface area contributed by atoms with Crippen molar-refractivity contribution < 1.29 is 9.59 Å². The minimum atomic E-state index is -0.0204. The highest BCUT2D eigenvalue weighted by Crippen LogP contribution is 2.29. The van der Waals surface area contributed by atoms with Gasteiger partial charge in [-0.3, -0.25) is 9.59 Å². The van der Waals surface area contributed by atoms with E-state index < -0.39 is 0 Å². The van der Waals surface area contributed by atoms with Crippen molar-refractivity contribution in [3.05, 3.63) is 35.9 Å². The molecule has 0 atom stereocenters. The predicted octanol–water partition coefficient (Wildman–Crippen LogP) is 2.56. The summed E-state index contributed by atoms with van der Waals surface area (Å²) in [7, 11) is 0. The third-order valence-electron chi connectivity index (χ3n) is 4.26. The number of rotatable bonds is 5. The molecule has 23 heavy (non-hydrogen) atoms. The van der Waals surface area contributed by atoms with Crippen molar-refractivity contribution in [1.29, 1.82) is 0 Å². The summed E-state index contributed by atoms with van der Waals surface area (Å²) in [4.78, 5) is 26.8. The predicted molar refractivity (Wildman–Crippen MR) is 88.7 cm³/mol. The molecule has 1 aliphatic carbocycles. The lowest BCUT2D eigenvalue weighted by molar-refractivity contribution is -0.132. The molecule has 0 spiro atoms. The summed E-state index contributed by atoms with van der Waals surface area (Å²) in [6.07, 6.45) is 2.95. The molecule has 1 aliphatic heterocycles. The Labute approximate surface area is 137 Å². The molecule has 3 rings (SSSR count). The molecular formula is C18H23N3O2. The Morgan fingerprint density at radius 2 is 1.96 bits per heavy atom. The maximum Gasteiger partial charge on any atom is 0.270 e. The zero-order valence-corrected chi connectivity index (χ0v) is 13.7. The lowest BCUT2D eigenvalue weighted by atomic mass is 10.1. The Kier molecular flexibility index (Phi) is 4.46. The summed E-state index contributed by atoms with van der Waals surface area (Å²) in [6.45, 7) is 4.49. The van der Waals surface area contributed by atoms with Crippen molar-refractivity contribution >= 4 is 17.5 Å². The molecule has 2 aliphatic rings. The Bertz CT molecular complexity index is 618. The van der Waals surface area contributed by atoms with E-state index >= 15 is 0 Å². The first-order chi connectivity index (χ1) is 11.1. The molecule has 1 saturated carbocycles. The van der Waals surface area contributed by atoms with Crippen molar-refractivity contribution in [2.45, 2.75) is 58.2 Å². The highest BCUT2D eigenvalue weighted by Gasteiger charge is 2.37. The molecular weight excluding hydrogens is 290 g/mol. The summed E-state index contributed by atoms with van der Waals surface area (Å²) in [5, 5.41) is 5.82. The van der Waals surface area contributed by atoms with E-state index in [4.69, 9.17) is 0 Å². The Morgan fingerprint density at radius 3 is 2.57 bits per heavy atom. The van der Waals surface area contributed by atoms with Crippen LogP contribution in [0.5, 0.6) is 0 Å². The zero-order valence-electron chi connectivity index (χ0n) is 13.7. The fourth-order valence-corrected chi connectivity index (χ4v) is 2.96. The van der Waals surface area contributed by atoms with Crippen LogP contribution in [0.4, 0.5) is 0 Å².